The summed E-state index contributed by atoms with van der Waals surface area (Å²) < 4.78 is 5.66. The van der Waals surface area contributed by atoms with Crippen molar-refractivity contribution >= 4 is 11.8 Å². The third kappa shape index (κ3) is 3.60. The topological polar surface area (TPSA) is 38.5 Å². The van der Waals surface area contributed by atoms with Crippen molar-refractivity contribution in [3.05, 3.63) is 0 Å². The molecule has 0 saturated carbocycles. The van der Waals surface area contributed by atoms with Crippen LogP contribution in [-0.4, -0.2) is 55.3 Å². The number of rotatable bonds is 4. The van der Waals surface area contributed by atoms with Gasteiger partial charge in [0.15, 0.2) is 0 Å². The average Bonchev–Trinajstić information content (AvgIpc) is 2.40. The van der Waals surface area contributed by atoms with Crippen molar-refractivity contribution in [3.8, 4) is 0 Å². The average molecular weight is 258 g/mol. The summed E-state index contributed by atoms with van der Waals surface area (Å²) in [6.45, 7) is 8.46. The SMILES string of the molecule is CCC1CN(CC2(CN)CCCOC2)CCS1. The lowest BCUT2D eigenvalue weighted by atomic mass is 9.82. The van der Waals surface area contributed by atoms with Gasteiger partial charge in [-0.1, -0.05) is 6.92 Å². The van der Waals surface area contributed by atoms with Crippen molar-refractivity contribution < 1.29 is 4.74 Å². The van der Waals surface area contributed by atoms with Crippen LogP contribution >= 0.6 is 11.8 Å². The molecule has 2 saturated heterocycles. The van der Waals surface area contributed by atoms with E-state index >= 15 is 0 Å². The highest BCUT2D eigenvalue weighted by molar-refractivity contribution is 8.00. The van der Waals surface area contributed by atoms with Crippen molar-refractivity contribution in [2.24, 2.45) is 11.1 Å². The zero-order valence-corrected chi connectivity index (χ0v) is 11.8. The Morgan fingerprint density at radius 2 is 2.41 bits per heavy atom. The van der Waals surface area contributed by atoms with Gasteiger partial charge in [-0.2, -0.15) is 11.8 Å². The number of hydrogen-bond acceptors (Lipinski definition) is 4. The molecule has 2 N–H and O–H groups in total. The summed E-state index contributed by atoms with van der Waals surface area (Å²) in [7, 11) is 0. The van der Waals surface area contributed by atoms with E-state index in [2.05, 4.69) is 23.6 Å². The molecule has 2 unspecified atom stereocenters. The van der Waals surface area contributed by atoms with Gasteiger partial charge in [-0.3, -0.25) is 0 Å². The lowest BCUT2D eigenvalue weighted by molar-refractivity contribution is -0.0213. The third-order valence-electron chi connectivity index (χ3n) is 4.07. The molecule has 2 heterocycles. The zero-order chi connectivity index (χ0) is 12.1. The minimum Gasteiger partial charge on any atom is -0.381 e. The Labute approximate surface area is 109 Å². The monoisotopic (exact) mass is 258 g/mol. The second-order valence-electron chi connectivity index (χ2n) is 5.50. The first kappa shape index (κ1) is 13.7. The van der Waals surface area contributed by atoms with E-state index in [1.54, 1.807) is 0 Å². The van der Waals surface area contributed by atoms with E-state index in [4.69, 9.17) is 10.5 Å². The Kier molecular flexibility index (Phi) is 5.15. The summed E-state index contributed by atoms with van der Waals surface area (Å²) in [6.07, 6.45) is 3.70. The lowest BCUT2D eigenvalue weighted by Gasteiger charge is -2.42. The van der Waals surface area contributed by atoms with E-state index in [1.807, 2.05) is 0 Å². The van der Waals surface area contributed by atoms with Crippen LogP contribution in [0.25, 0.3) is 0 Å². The first-order valence-electron chi connectivity index (χ1n) is 6.90. The van der Waals surface area contributed by atoms with E-state index in [0.717, 1.165) is 31.6 Å². The molecular weight excluding hydrogens is 232 g/mol. The van der Waals surface area contributed by atoms with Crippen LogP contribution < -0.4 is 5.73 Å². The molecule has 2 aliphatic heterocycles. The van der Waals surface area contributed by atoms with Crippen LogP contribution in [0.4, 0.5) is 0 Å². The van der Waals surface area contributed by atoms with Crippen LogP contribution in [0.3, 0.4) is 0 Å². The molecule has 17 heavy (non-hydrogen) atoms. The number of hydrogen-bond donors (Lipinski definition) is 1. The molecule has 2 rings (SSSR count). The molecule has 0 aromatic rings. The van der Waals surface area contributed by atoms with Gasteiger partial charge in [-0.15, -0.1) is 0 Å². The summed E-state index contributed by atoms with van der Waals surface area (Å²) in [6, 6.07) is 0. The molecule has 100 valence electrons. The van der Waals surface area contributed by atoms with Crippen LogP contribution in [-0.2, 0) is 4.74 Å². The van der Waals surface area contributed by atoms with E-state index in [0.29, 0.717) is 0 Å². The maximum Gasteiger partial charge on any atom is 0.0546 e. The molecule has 3 nitrogen and oxygen atoms in total. The fourth-order valence-corrected chi connectivity index (χ4v) is 4.15. The third-order valence-corrected chi connectivity index (χ3v) is 5.45. The Balaban J connectivity index is 1.88. The maximum absolute atomic E-state index is 6.01. The molecular formula is C13H26N2OS. The summed E-state index contributed by atoms with van der Waals surface area (Å²) in [5, 5.41) is 0.822. The molecule has 0 aromatic carbocycles. The van der Waals surface area contributed by atoms with Gasteiger partial charge in [0.05, 0.1) is 6.61 Å². The summed E-state index contributed by atoms with van der Waals surface area (Å²) in [4.78, 5) is 2.62. The molecule has 2 atom stereocenters. The maximum atomic E-state index is 6.01. The van der Waals surface area contributed by atoms with E-state index in [9.17, 15) is 0 Å². The van der Waals surface area contributed by atoms with Gasteiger partial charge < -0.3 is 15.4 Å². The number of nitrogens with zero attached hydrogens (tertiary/aromatic N) is 1. The van der Waals surface area contributed by atoms with Crippen LogP contribution in [0.1, 0.15) is 26.2 Å². The molecule has 2 fully saturated rings. The Bertz CT molecular complexity index is 231. The summed E-state index contributed by atoms with van der Waals surface area (Å²) >= 11 is 2.13. The first-order valence-corrected chi connectivity index (χ1v) is 7.95. The van der Waals surface area contributed by atoms with Gasteiger partial charge in [0, 0.05) is 49.2 Å². The number of thioether (sulfide) groups is 1. The Morgan fingerprint density at radius 1 is 1.53 bits per heavy atom. The molecule has 0 radical (unpaired) electrons. The molecule has 0 bridgehead atoms. The van der Waals surface area contributed by atoms with Gasteiger partial charge in [0.1, 0.15) is 0 Å². The summed E-state index contributed by atoms with van der Waals surface area (Å²) in [5.41, 5.74) is 6.25. The second-order valence-corrected chi connectivity index (χ2v) is 6.90. The quantitative estimate of drug-likeness (QED) is 0.831. The van der Waals surface area contributed by atoms with Crippen LogP contribution in [0, 0.1) is 5.41 Å². The predicted molar refractivity (Wildman–Crippen MR) is 74.5 cm³/mol. The van der Waals surface area contributed by atoms with Gasteiger partial charge in [0.25, 0.3) is 0 Å². The minimum absolute atomic E-state index is 0.235. The van der Waals surface area contributed by atoms with Gasteiger partial charge in [-0.05, 0) is 19.3 Å². The summed E-state index contributed by atoms with van der Waals surface area (Å²) in [5.74, 6) is 1.28. The van der Waals surface area contributed by atoms with Crippen molar-refractivity contribution in [1.29, 1.82) is 0 Å². The standard InChI is InChI=1S/C13H26N2OS/c1-2-12-8-15(5-7-17-12)10-13(9-14)4-3-6-16-11-13/h12H,2-11,14H2,1H3. The highest BCUT2D eigenvalue weighted by atomic mass is 32.2. The highest BCUT2D eigenvalue weighted by Gasteiger charge is 2.34. The minimum atomic E-state index is 0.235. The van der Waals surface area contributed by atoms with Crippen LogP contribution in [0.2, 0.25) is 0 Å². The molecule has 2 aliphatic rings. The fourth-order valence-electron chi connectivity index (χ4n) is 2.91. The Morgan fingerprint density at radius 3 is 3.06 bits per heavy atom. The zero-order valence-electron chi connectivity index (χ0n) is 11.0. The van der Waals surface area contributed by atoms with Gasteiger partial charge >= 0.3 is 0 Å². The fraction of sp³-hybridized carbons (Fsp3) is 1.00. The largest absolute Gasteiger partial charge is 0.381 e. The highest BCUT2D eigenvalue weighted by Crippen LogP contribution is 2.30. The van der Waals surface area contributed by atoms with Gasteiger partial charge in [0.2, 0.25) is 0 Å². The van der Waals surface area contributed by atoms with Gasteiger partial charge in [-0.25, -0.2) is 0 Å². The van der Waals surface area contributed by atoms with E-state index in [-0.39, 0.29) is 5.41 Å². The normalized spacial score (nSPS) is 36.0. The molecule has 0 aliphatic carbocycles. The first-order chi connectivity index (χ1) is 8.28. The predicted octanol–water partition coefficient (Wildman–Crippen LogP) is 1.57. The van der Waals surface area contributed by atoms with E-state index < -0.39 is 0 Å². The smallest absolute Gasteiger partial charge is 0.0546 e. The molecule has 0 spiro atoms. The van der Waals surface area contributed by atoms with Crippen LogP contribution in [0.15, 0.2) is 0 Å². The molecule has 0 aromatic heterocycles. The van der Waals surface area contributed by atoms with E-state index in [1.165, 1.54) is 38.1 Å². The number of ether oxygens (including phenoxy) is 1. The molecule has 0 amide bonds. The van der Waals surface area contributed by atoms with Crippen molar-refractivity contribution in [2.45, 2.75) is 31.4 Å². The number of nitrogens with two attached hydrogens (primary N) is 1. The van der Waals surface area contributed by atoms with Crippen molar-refractivity contribution in [1.82, 2.24) is 4.90 Å². The van der Waals surface area contributed by atoms with Crippen molar-refractivity contribution in [2.75, 3.05) is 45.1 Å². The second kappa shape index (κ2) is 6.41. The molecule has 4 heteroatoms. The van der Waals surface area contributed by atoms with Crippen molar-refractivity contribution in [3.63, 3.8) is 0 Å². The van der Waals surface area contributed by atoms with Crippen LogP contribution in [0.5, 0.6) is 0 Å². The lowest BCUT2D eigenvalue weighted by Crippen LogP contribution is -2.50. The Hall–Kier alpha value is 0.230.